The van der Waals surface area contributed by atoms with Gasteiger partial charge in [0.2, 0.25) is 0 Å². The molecule has 16 heavy (non-hydrogen) atoms. The Labute approximate surface area is 101 Å². The van der Waals surface area contributed by atoms with E-state index in [9.17, 15) is 8.78 Å². The zero-order chi connectivity index (χ0) is 11.7. The summed E-state index contributed by atoms with van der Waals surface area (Å²) < 4.78 is 26.5. The fraction of sp³-hybridized carbons (Fsp3) is 0. The fourth-order valence-corrected chi connectivity index (χ4v) is 1.96. The molecule has 0 heterocycles. The van der Waals surface area contributed by atoms with Crippen LogP contribution in [-0.2, 0) is 0 Å². The molecule has 0 nitrogen and oxygen atoms in total. The molecule has 0 saturated heterocycles. The van der Waals surface area contributed by atoms with Gasteiger partial charge in [0.1, 0.15) is 0 Å². The van der Waals surface area contributed by atoms with Gasteiger partial charge in [0.15, 0.2) is 11.6 Å². The molecule has 0 atom stereocenters. The summed E-state index contributed by atoms with van der Waals surface area (Å²) in [5.74, 6) is -1.80. The summed E-state index contributed by atoms with van der Waals surface area (Å²) >= 11 is 11.6. The lowest BCUT2D eigenvalue weighted by atomic mass is 10.1. The molecule has 0 N–H and O–H groups in total. The minimum atomic E-state index is -0.902. The second-order valence-electron chi connectivity index (χ2n) is 3.26. The van der Waals surface area contributed by atoms with Crippen molar-refractivity contribution in [1.82, 2.24) is 0 Å². The van der Waals surface area contributed by atoms with Crippen molar-refractivity contribution in [3.63, 3.8) is 0 Å². The van der Waals surface area contributed by atoms with E-state index in [2.05, 4.69) is 0 Å². The SMILES string of the molecule is Fc1cccc(-c2cc(Cl)cc(Cl)c2)c1F. The highest BCUT2D eigenvalue weighted by molar-refractivity contribution is 6.35. The van der Waals surface area contributed by atoms with Crippen LogP contribution >= 0.6 is 23.2 Å². The van der Waals surface area contributed by atoms with E-state index in [0.29, 0.717) is 15.6 Å². The van der Waals surface area contributed by atoms with Crippen LogP contribution in [0.2, 0.25) is 10.0 Å². The van der Waals surface area contributed by atoms with Gasteiger partial charge in [0.25, 0.3) is 0 Å². The van der Waals surface area contributed by atoms with E-state index in [0.717, 1.165) is 6.07 Å². The average Bonchev–Trinajstić information content (AvgIpc) is 2.20. The fourth-order valence-electron chi connectivity index (χ4n) is 1.44. The summed E-state index contributed by atoms with van der Waals surface area (Å²) in [6.07, 6.45) is 0. The lowest BCUT2D eigenvalue weighted by molar-refractivity contribution is 0.511. The topological polar surface area (TPSA) is 0 Å². The van der Waals surface area contributed by atoms with Gasteiger partial charge in [-0.05, 0) is 29.8 Å². The lowest BCUT2D eigenvalue weighted by Gasteiger charge is -2.05. The van der Waals surface area contributed by atoms with Crippen molar-refractivity contribution in [3.8, 4) is 11.1 Å². The van der Waals surface area contributed by atoms with Crippen molar-refractivity contribution in [2.24, 2.45) is 0 Å². The van der Waals surface area contributed by atoms with E-state index in [-0.39, 0.29) is 5.56 Å². The smallest absolute Gasteiger partial charge is 0.166 e. The average molecular weight is 259 g/mol. The first-order valence-corrected chi connectivity index (χ1v) is 5.24. The third-order valence-corrected chi connectivity index (χ3v) is 2.56. The summed E-state index contributed by atoms with van der Waals surface area (Å²) in [5.41, 5.74) is 0.596. The maximum Gasteiger partial charge on any atom is 0.166 e. The quantitative estimate of drug-likeness (QED) is 0.680. The zero-order valence-corrected chi connectivity index (χ0v) is 9.49. The Balaban J connectivity index is 2.63. The van der Waals surface area contributed by atoms with Crippen LogP contribution < -0.4 is 0 Å². The molecule has 0 spiro atoms. The molecule has 0 radical (unpaired) electrons. The summed E-state index contributed by atoms with van der Waals surface area (Å²) in [6.45, 7) is 0. The van der Waals surface area contributed by atoms with Crippen molar-refractivity contribution in [2.45, 2.75) is 0 Å². The van der Waals surface area contributed by atoms with E-state index in [4.69, 9.17) is 23.2 Å². The maximum absolute atomic E-state index is 13.5. The molecule has 0 aromatic heterocycles. The number of hydrogen-bond acceptors (Lipinski definition) is 0. The molecule has 0 bridgehead atoms. The van der Waals surface area contributed by atoms with Gasteiger partial charge in [-0.3, -0.25) is 0 Å². The van der Waals surface area contributed by atoms with Crippen molar-refractivity contribution < 1.29 is 8.78 Å². The number of hydrogen-bond donors (Lipinski definition) is 0. The highest BCUT2D eigenvalue weighted by atomic mass is 35.5. The van der Waals surface area contributed by atoms with Crippen LogP contribution in [0.4, 0.5) is 8.78 Å². The highest BCUT2D eigenvalue weighted by Crippen LogP contribution is 2.29. The van der Waals surface area contributed by atoms with Gasteiger partial charge in [-0.15, -0.1) is 0 Å². The molecule has 2 rings (SSSR count). The first-order chi connectivity index (χ1) is 7.58. The number of benzene rings is 2. The second kappa shape index (κ2) is 4.40. The Morgan fingerprint density at radius 2 is 1.50 bits per heavy atom. The summed E-state index contributed by atoms with van der Waals surface area (Å²) in [7, 11) is 0. The molecular formula is C12H6Cl2F2. The van der Waals surface area contributed by atoms with Crippen molar-refractivity contribution in [3.05, 3.63) is 58.1 Å². The van der Waals surface area contributed by atoms with Crippen LogP contribution in [0.25, 0.3) is 11.1 Å². The van der Waals surface area contributed by atoms with Crippen LogP contribution in [0, 0.1) is 11.6 Å². The minimum absolute atomic E-state index is 0.143. The Hall–Kier alpha value is -1.12. The summed E-state index contributed by atoms with van der Waals surface area (Å²) in [6, 6.07) is 8.56. The molecule has 0 aliphatic heterocycles. The molecule has 0 amide bonds. The predicted molar refractivity (Wildman–Crippen MR) is 61.8 cm³/mol. The van der Waals surface area contributed by atoms with E-state index in [1.165, 1.54) is 30.3 Å². The third-order valence-electron chi connectivity index (χ3n) is 2.13. The number of rotatable bonds is 1. The normalized spacial score (nSPS) is 10.5. The van der Waals surface area contributed by atoms with E-state index < -0.39 is 11.6 Å². The third kappa shape index (κ3) is 2.18. The van der Waals surface area contributed by atoms with Crippen molar-refractivity contribution in [1.29, 1.82) is 0 Å². The number of halogens is 4. The summed E-state index contributed by atoms with van der Waals surface area (Å²) in [5, 5.41) is 0.761. The van der Waals surface area contributed by atoms with E-state index in [1.807, 2.05) is 0 Å². The molecule has 0 aliphatic carbocycles. The van der Waals surface area contributed by atoms with Crippen LogP contribution in [0.3, 0.4) is 0 Å². The zero-order valence-electron chi connectivity index (χ0n) is 7.98. The van der Waals surface area contributed by atoms with Crippen molar-refractivity contribution >= 4 is 23.2 Å². The Kier molecular flexibility index (Phi) is 3.13. The van der Waals surface area contributed by atoms with Gasteiger partial charge in [-0.1, -0.05) is 35.3 Å². The molecule has 0 fully saturated rings. The highest BCUT2D eigenvalue weighted by Gasteiger charge is 2.10. The van der Waals surface area contributed by atoms with Gasteiger partial charge < -0.3 is 0 Å². The Morgan fingerprint density at radius 3 is 2.12 bits per heavy atom. The van der Waals surface area contributed by atoms with Gasteiger partial charge in [-0.2, -0.15) is 0 Å². The second-order valence-corrected chi connectivity index (χ2v) is 4.13. The van der Waals surface area contributed by atoms with Gasteiger partial charge in [0, 0.05) is 15.6 Å². The molecule has 0 saturated carbocycles. The molecule has 4 heteroatoms. The van der Waals surface area contributed by atoms with Crippen LogP contribution in [-0.4, -0.2) is 0 Å². The molecule has 2 aromatic rings. The van der Waals surface area contributed by atoms with Crippen LogP contribution in [0.5, 0.6) is 0 Å². The van der Waals surface area contributed by atoms with Crippen molar-refractivity contribution in [2.75, 3.05) is 0 Å². The van der Waals surface area contributed by atoms with Gasteiger partial charge in [0.05, 0.1) is 0 Å². The Bertz CT molecular complexity index is 518. The monoisotopic (exact) mass is 258 g/mol. The molecule has 0 aliphatic rings. The molecule has 82 valence electrons. The first kappa shape index (κ1) is 11.4. The first-order valence-electron chi connectivity index (χ1n) is 4.48. The van der Waals surface area contributed by atoms with E-state index >= 15 is 0 Å². The maximum atomic E-state index is 13.5. The Morgan fingerprint density at radius 1 is 0.875 bits per heavy atom. The van der Waals surface area contributed by atoms with Crippen LogP contribution in [0.1, 0.15) is 0 Å². The molecule has 0 unspecified atom stereocenters. The van der Waals surface area contributed by atoms with Gasteiger partial charge >= 0.3 is 0 Å². The molecule has 2 aromatic carbocycles. The standard InChI is InChI=1S/C12H6Cl2F2/c13-8-4-7(5-9(14)6-8)10-2-1-3-11(15)12(10)16/h1-6H. The predicted octanol–water partition coefficient (Wildman–Crippen LogP) is 4.94. The largest absolute Gasteiger partial charge is 0.204 e. The molecular weight excluding hydrogens is 253 g/mol. The van der Waals surface area contributed by atoms with E-state index in [1.54, 1.807) is 0 Å². The van der Waals surface area contributed by atoms with Gasteiger partial charge in [-0.25, -0.2) is 8.78 Å². The lowest BCUT2D eigenvalue weighted by Crippen LogP contribution is -1.89. The van der Waals surface area contributed by atoms with Crippen LogP contribution in [0.15, 0.2) is 36.4 Å². The minimum Gasteiger partial charge on any atom is -0.204 e. The summed E-state index contributed by atoms with van der Waals surface area (Å²) in [4.78, 5) is 0.